The fourth-order valence-corrected chi connectivity index (χ4v) is 5.49. The fourth-order valence-electron chi connectivity index (χ4n) is 5.49. The number of pyridine rings is 2. The lowest BCUT2D eigenvalue weighted by molar-refractivity contribution is -0.116. The molecule has 2 aromatic heterocycles. The van der Waals surface area contributed by atoms with Gasteiger partial charge in [-0.15, -0.1) is 0 Å². The van der Waals surface area contributed by atoms with Gasteiger partial charge in [0, 0.05) is 61.0 Å². The molecule has 1 aliphatic heterocycles. The number of amides is 1. The molecule has 3 heterocycles. The number of carbonyl (C=O) groups excluding carboxylic acids is 2. The number of halogens is 2. The Hall–Kier alpha value is -4.41. The van der Waals surface area contributed by atoms with Crippen molar-refractivity contribution in [2.75, 3.05) is 11.9 Å². The van der Waals surface area contributed by atoms with Crippen molar-refractivity contribution in [3.8, 4) is 5.75 Å². The number of unbranched alkanes of at least 4 members (excludes halogenated alkanes) is 1. The summed E-state index contributed by atoms with van der Waals surface area (Å²) >= 11 is 0. The van der Waals surface area contributed by atoms with Crippen LogP contribution in [0, 0.1) is 17.8 Å². The molecule has 2 aromatic rings. The second-order valence-corrected chi connectivity index (χ2v) is 13.2. The third kappa shape index (κ3) is 12.4. The highest BCUT2D eigenvalue weighted by atomic mass is 19.3. The van der Waals surface area contributed by atoms with Gasteiger partial charge in [-0.1, -0.05) is 67.4 Å². The molecule has 11 heteroatoms. The first-order valence-electron chi connectivity index (χ1n) is 18.1. The molecule has 0 aromatic carbocycles. The quantitative estimate of drug-likeness (QED) is 0.168. The average molecular weight is 709 g/mol. The second-order valence-electron chi connectivity index (χ2n) is 13.2. The SMILES string of the molecule is C=C(C(CCCC)CC(C)CC)N1C=CN=C(N)/C1=C(\c1cnc(C(=O)Nc2cc(C(C)(F)F)ccn2)cc1OCC)C(C)CC.CCC(C)=O. The van der Waals surface area contributed by atoms with Crippen LogP contribution < -0.4 is 15.8 Å². The molecule has 0 fully saturated rings. The number of aliphatic imine (C=N–C) groups is 1. The molecule has 3 N–H and O–H groups in total. The summed E-state index contributed by atoms with van der Waals surface area (Å²) in [5, 5.41) is 2.58. The molecule has 1 amide bonds. The van der Waals surface area contributed by atoms with Crippen molar-refractivity contribution in [2.24, 2.45) is 28.5 Å². The first-order valence-corrected chi connectivity index (χ1v) is 18.1. The molecule has 0 saturated heterocycles. The van der Waals surface area contributed by atoms with E-state index >= 15 is 0 Å². The van der Waals surface area contributed by atoms with E-state index in [0.29, 0.717) is 36.1 Å². The summed E-state index contributed by atoms with van der Waals surface area (Å²) in [7, 11) is 0. The summed E-state index contributed by atoms with van der Waals surface area (Å²) in [6, 6.07) is 3.92. The summed E-state index contributed by atoms with van der Waals surface area (Å²) in [4.78, 5) is 38.1. The van der Waals surface area contributed by atoms with Crippen LogP contribution in [0.3, 0.4) is 0 Å². The van der Waals surface area contributed by atoms with Crippen molar-refractivity contribution in [1.29, 1.82) is 0 Å². The van der Waals surface area contributed by atoms with Gasteiger partial charge in [0.25, 0.3) is 11.8 Å². The molecular formula is C40H58F2N6O3. The number of hydrogen-bond acceptors (Lipinski definition) is 8. The minimum Gasteiger partial charge on any atom is -0.493 e. The summed E-state index contributed by atoms with van der Waals surface area (Å²) < 4.78 is 33.8. The van der Waals surface area contributed by atoms with Crippen LogP contribution >= 0.6 is 0 Å². The highest BCUT2D eigenvalue weighted by Gasteiger charge is 2.31. The number of nitrogens with zero attached hydrogens (tertiary/aromatic N) is 4. The monoisotopic (exact) mass is 708 g/mol. The number of ether oxygens (including phenoxy) is 1. The zero-order valence-electron chi connectivity index (χ0n) is 32.0. The van der Waals surface area contributed by atoms with Crippen LogP contribution in [0.4, 0.5) is 14.6 Å². The molecular weight excluding hydrogens is 650 g/mol. The van der Waals surface area contributed by atoms with Crippen molar-refractivity contribution in [3.05, 3.63) is 77.8 Å². The molecule has 1 aliphatic rings. The smallest absolute Gasteiger partial charge is 0.275 e. The van der Waals surface area contributed by atoms with Gasteiger partial charge in [0.1, 0.15) is 28.9 Å². The number of Topliss-reactive ketones (excluding diaryl/α,β-unsaturated/α-hetero) is 1. The Morgan fingerprint density at radius 3 is 2.35 bits per heavy atom. The van der Waals surface area contributed by atoms with Gasteiger partial charge in [0.05, 0.1) is 12.3 Å². The summed E-state index contributed by atoms with van der Waals surface area (Å²) in [6.45, 7) is 21.9. The average Bonchev–Trinajstić information content (AvgIpc) is 3.10. The third-order valence-corrected chi connectivity index (χ3v) is 9.04. The summed E-state index contributed by atoms with van der Waals surface area (Å²) in [6.07, 6.45) is 13.2. The number of aromatic nitrogens is 2. The highest BCUT2D eigenvalue weighted by molar-refractivity contribution is 6.06. The largest absolute Gasteiger partial charge is 0.493 e. The van der Waals surface area contributed by atoms with E-state index in [4.69, 9.17) is 10.5 Å². The van der Waals surface area contributed by atoms with Gasteiger partial charge in [-0.2, -0.15) is 0 Å². The fraction of sp³-hybridized carbons (Fsp3) is 0.525. The van der Waals surface area contributed by atoms with E-state index in [2.05, 4.69) is 66.4 Å². The van der Waals surface area contributed by atoms with Crippen LogP contribution in [-0.2, 0) is 10.7 Å². The lowest BCUT2D eigenvalue weighted by Gasteiger charge is -2.36. The topological polar surface area (TPSA) is 123 Å². The van der Waals surface area contributed by atoms with Crippen LogP contribution in [0.25, 0.3) is 5.57 Å². The molecule has 280 valence electrons. The van der Waals surface area contributed by atoms with Crippen molar-refractivity contribution in [1.82, 2.24) is 14.9 Å². The van der Waals surface area contributed by atoms with E-state index in [0.717, 1.165) is 68.5 Å². The number of nitrogens with one attached hydrogen (secondary N) is 1. The number of rotatable bonds is 17. The molecule has 0 saturated carbocycles. The molecule has 0 aliphatic carbocycles. The maximum Gasteiger partial charge on any atom is 0.275 e. The second kappa shape index (κ2) is 20.4. The Bertz CT molecular complexity index is 1580. The summed E-state index contributed by atoms with van der Waals surface area (Å²) in [5.41, 5.74) is 9.73. The lowest BCUT2D eigenvalue weighted by atomic mass is 9.86. The number of anilines is 1. The Morgan fingerprint density at radius 1 is 1.10 bits per heavy atom. The highest BCUT2D eigenvalue weighted by Crippen LogP contribution is 2.40. The maximum atomic E-state index is 13.9. The number of nitrogens with two attached hydrogens (primary N) is 1. The Labute approximate surface area is 303 Å². The van der Waals surface area contributed by atoms with E-state index in [1.165, 1.54) is 12.3 Å². The number of amidine groups is 1. The minimum atomic E-state index is -3.08. The molecule has 3 unspecified atom stereocenters. The molecule has 0 bridgehead atoms. The molecule has 51 heavy (non-hydrogen) atoms. The molecule has 3 rings (SSSR count). The van der Waals surface area contributed by atoms with Gasteiger partial charge < -0.3 is 25.5 Å². The summed E-state index contributed by atoms with van der Waals surface area (Å²) in [5.74, 6) is -1.80. The zero-order chi connectivity index (χ0) is 38.3. The van der Waals surface area contributed by atoms with E-state index in [1.807, 2.05) is 20.0 Å². The van der Waals surface area contributed by atoms with Crippen LogP contribution in [0.5, 0.6) is 5.75 Å². The minimum absolute atomic E-state index is 0.00238. The molecule has 0 spiro atoms. The molecule has 3 atom stereocenters. The van der Waals surface area contributed by atoms with E-state index in [1.54, 1.807) is 25.4 Å². The van der Waals surface area contributed by atoms with Crippen LogP contribution in [0.1, 0.15) is 129 Å². The standard InChI is InChI=1S/C36H50F2N6O2.C4H8O/c1-9-13-14-26(19-23(5)10-2)25(7)44-18-17-41-34(39)33(44)32(24(6)11-3)28-22-42-29(21-30(28)46-12-4)35(45)43-31-20-27(15-16-40-31)36(8,37)38;1-3-4(2)5/h15-18,20-24,26H,7,9-14,19H2,1-6,8H3,(H2,39,41)(H,40,43,45);3H2,1-2H3/b33-32+;. The van der Waals surface area contributed by atoms with E-state index < -0.39 is 11.8 Å². The lowest BCUT2D eigenvalue weighted by Crippen LogP contribution is -2.34. The number of ketones is 1. The number of allylic oxidation sites excluding steroid dienone is 2. The van der Waals surface area contributed by atoms with E-state index in [9.17, 15) is 18.4 Å². The number of hydrogen-bond donors (Lipinski definition) is 2. The molecule has 9 nitrogen and oxygen atoms in total. The predicted octanol–water partition coefficient (Wildman–Crippen LogP) is 9.88. The first kappa shape index (κ1) is 42.8. The van der Waals surface area contributed by atoms with Crippen molar-refractivity contribution in [3.63, 3.8) is 0 Å². The van der Waals surface area contributed by atoms with Crippen LogP contribution in [-0.4, -0.2) is 39.0 Å². The maximum absolute atomic E-state index is 13.9. The Kier molecular flexibility index (Phi) is 17.1. The normalized spacial score (nSPS) is 15.5. The van der Waals surface area contributed by atoms with Crippen molar-refractivity contribution in [2.45, 2.75) is 113 Å². The van der Waals surface area contributed by atoms with Gasteiger partial charge >= 0.3 is 0 Å². The Balaban J connectivity index is 0.00000168. The molecule has 0 radical (unpaired) electrons. The van der Waals surface area contributed by atoms with Crippen LogP contribution in [0.2, 0.25) is 0 Å². The van der Waals surface area contributed by atoms with Gasteiger partial charge in [-0.3, -0.25) is 9.78 Å². The van der Waals surface area contributed by atoms with Crippen molar-refractivity contribution >= 4 is 28.9 Å². The zero-order valence-corrected chi connectivity index (χ0v) is 32.0. The van der Waals surface area contributed by atoms with E-state index in [-0.39, 0.29) is 34.7 Å². The van der Waals surface area contributed by atoms with Crippen LogP contribution in [0.15, 0.2) is 66.0 Å². The third-order valence-electron chi connectivity index (χ3n) is 9.04. The van der Waals surface area contributed by atoms with Gasteiger partial charge in [-0.05, 0) is 68.6 Å². The Morgan fingerprint density at radius 2 is 1.78 bits per heavy atom. The predicted molar refractivity (Wildman–Crippen MR) is 203 cm³/mol. The van der Waals surface area contributed by atoms with Gasteiger partial charge in [-0.25, -0.2) is 18.8 Å². The van der Waals surface area contributed by atoms with Gasteiger partial charge in [0.2, 0.25) is 0 Å². The van der Waals surface area contributed by atoms with Crippen molar-refractivity contribution < 1.29 is 23.1 Å². The number of alkyl halides is 2. The number of carbonyl (C=O) groups is 2. The first-order chi connectivity index (χ1) is 24.1. The van der Waals surface area contributed by atoms with Gasteiger partial charge in [0.15, 0.2) is 0 Å².